The maximum absolute atomic E-state index is 2.28. The van der Waals surface area contributed by atoms with Crippen LogP contribution in [0.4, 0.5) is 0 Å². The van der Waals surface area contributed by atoms with Crippen molar-refractivity contribution in [2.45, 2.75) is 27.2 Å². The average Bonchev–Trinajstić information content (AvgIpc) is 2.61. The molecule has 0 saturated heterocycles. The molecular weight excluding hydrogens is 288 g/mol. The van der Waals surface area contributed by atoms with Gasteiger partial charge in [0.25, 0.3) is 0 Å². The fourth-order valence-electron chi connectivity index (χ4n) is 2.94. The molecule has 0 N–H and O–H groups in total. The molecule has 0 aromatic heterocycles. The van der Waals surface area contributed by atoms with Gasteiger partial charge in [0.1, 0.15) is 0 Å². The van der Waals surface area contributed by atoms with E-state index >= 15 is 0 Å². The van der Waals surface area contributed by atoms with Crippen LogP contribution in [0.25, 0.3) is 28.3 Å². The molecule has 0 unspecified atom stereocenters. The summed E-state index contributed by atoms with van der Waals surface area (Å²) in [6.45, 7) is 6.47. The maximum atomic E-state index is 2.28. The van der Waals surface area contributed by atoms with E-state index in [4.69, 9.17) is 0 Å². The van der Waals surface area contributed by atoms with Crippen LogP contribution in [0.5, 0.6) is 0 Å². The van der Waals surface area contributed by atoms with E-state index in [0.717, 1.165) is 6.42 Å². The van der Waals surface area contributed by atoms with Crippen LogP contribution in [-0.2, 0) is 0 Å². The zero-order valence-electron chi connectivity index (χ0n) is 14.7. The molecule has 24 heavy (non-hydrogen) atoms. The molecule has 0 spiro atoms. The number of aryl methyl sites for hydroxylation is 2. The van der Waals surface area contributed by atoms with Gasteiger partial charge in [0, 0.05) is 0 Å². The van der Waals surface area contributed by atoms with Crippen LogP contribution in [0.15, 0.2) is 72.8 Å². The lowest BCUT2D eigenvalue weighted by atomic mass is 9.95. The normalized spacial score (nSPS) is 11.1. The van der Waals surface area contributed by atoms with Crippen LogP contribution in [0.3, 0.4) is 0 Å². The minimum Gasteiger partial charge on any atom is -0.0842 e. The first-order valence-electron chi connectivity index (χ1n) is 8.62. The predicted octanol–water partition coefficient (Wildman–Crippen LogP) is 7.06. The fraction of sp³-hybridized carbons (Fsp3) is 0.167. The number of rotatable bonds is 4. The molecule has 3 aromatic carbocycles. The molecule has 0 fully saturated rings. The summed E-state index contributed by atoms with van der Waals surface area (Å²) in [7, 11) is 0. The molecule has 120 valence electrons. The first-order chi connectivity index (χ1) is 11.7. The summed E-state index contributed by atoms with van der Waals surface area (Å²) in [5.41, 5.74) is 8.99. The van der Waals surface area contributed by atoms with Crippen LogP contribution >= 0.6 is 0 Å². The van der Waals surface area contributed by atoms with E-state index in [1.807, 2.05) is 0 Å². The minimum atomic E-state index is 1.07. The summed E-state index contributed by atoms with van der Waals surface area (Å²) in [5, 5.41) is 0. The Morgan fingerprint density at radius 3 is 1.96 bits per heavy atom. The lowest BCUT2D eigenvalue weighted by Gasteiger charge is -2.10. The fourth-order valence-corrected chi connectivity index (χ4v) is 2.94. The van der Waals surface area contributed by atoms with Crippen LogP contribution in [-0.4, -0.2) is 0 Å². The Labute approximate surface area is 145 Å². The standard InChI is InChI=1S/C24H24/c1-4-5-6-20-9-13-22(14-10-20)24-16-15-23(17-19(24)3)21-11-7-18(2)8-12-21/h5-17H,4H2,1-3H3/b6-5+. The van der Waals surface area contributed by atoms with E-state index in [0.29, 0.717) is 0 Å². The van der Waals surface area contributed by atoms with Gasteiger partial charge in [-0.05, 0) is 53.6 Å². The van der Waals surface area contributed by atoms with Gasteiger partial charge < -0.3 is 0 Å². The van der Waals surface area contributed by atoms with E-state index in [1.54, 1.807) is 0 Å². The smallest absolute Gasteiger partial charge is 0.0154 e. The van der Waals surface area contributed by atoms with Crippen molar-refractivity contribution in [3.8, 4) is 22.3 Å². The first-order valence-corrected chi connectivity index (χ1v) is 8.62. The zero-order valence-corrected chi connectivity index (χ0v) is 14.7. The van der Waals surface area contributed by atoms with E-state index < -0.39 is 0 Å². The Morgan fingerprint density at radius 2 is 1.33 bits per heavy atom. The molecule has 0 amide bonds. The quantitative estimate of drug-likeness (QED) is 0.483. The summed E-state index contributed by atoms with van der Waals surface area (Å²) in [6, 6.07) is 24.3. The van der Waals surface area contributed by atoms with Crippen LogP contribution in [0, 0.1) is 13.8 Å². The third kappa shape index (κ3) is 3.65. The largest absolute Gasteiger partial charge is 0.0842 e. The Balaban J connectivity index is 1.89. The monoisotopic (exact) mass is 312 g/mol. The summed E-state index contributed by atoms with van der Waals surface area (Å²) >= 11 is 0. The molecule has 3 rings (SSSR count). The van der Waals surface area contributed by atoms with Crippen LogP contribution in [0.1, 0.15) is 30.0 Å². The van der Waals surface area contributed by atoms with E-state index in [-0.39, 0.29) is 0 Å². The van der Waals surface area contributed by atoms with Gasteiger partial charge in [0.2, 0.25) is 0 Å². The Morgan fingerprint density at radius 1 is 0.708 bits per heavy atom. The molecule has 0 aliphatic heterocycles. The molecule has 0 heterocycles. The lowest BCUT2D eigenvalue weighted by Crippen LogP contribution is -1.86. The third-order valence-corrected chi connectivity index (χ3v) is 4.38. The van der Waals surface area contributed by atoms with E-state index in [9.17, 15) is 0 Å². The first kappa shape index (κ1) is 16.3. The highest BCUT2D eigenvalue weighted by Crippen LogP contribution is 2.29. The molecule has 0 saturated carbocycles. The zero-order chi connectivity index (χ0) is 16.9. The van der Waals surface area contributed by atoms with E-state index in [1.165, 1.54) is 38.9 Å². The number of allylic oxidation sites excluding steroid dienone is 1. The Hall–Kier alpha value is -2.60. The lowest BCUT2D eigenvalue weighted by molar-refractivity contribution is 1.23. The van der Waals surface area contributed by atoms with Crippen molar-refractivity contribution in [1.29, 1.82) is 0 Å². The second-order valence-electron chi connectivity index (χ2n) is 6.33. The molecule has 3 aromatic rings. The van der Waals surface area contributed by atoms with Gasteiger partial charge in [0.05, 0.1) is 0 Å². The predicted molar refractivity (Wildman–Crippen MR) is 106 cm³/mol. The maximum Gasteiger partial charge on any atom is -0.0154 e. The molecule has 0 aliphatic carbocycles. The van der Waals surface area contributed by atoms with Crippen molar-refractivity contribution in [3.05, 3.63) is 89.5 Å². The molecule has 0 nitrogen and oxygen atoms in total. The van der Waals surface area contributed by atoms with Gasteiger partial charge in [0.15, 0.2) is 0 Å². The Bertz CT molecular complexity index is 834. The SMILES string of the molecule is CC/C=C/c1ccc(-c2ccc(-c3ccc(C)cc3)cc2C)cc1. The van der Waals surface area contributed by atoms with Crippen molar-refractivity contribution in [1.82, 2.24) is 0 Å². The van der Waals surface area contributed by atoms with Crippen LogP contribution < -0.4 is 0 Å². The van der Waals surface area contributed by atoms with Gasteiger partial charge in [-0.15, -0.1) is 0 Å². The van der Waals surface area contributed by atoms with Crippen LogP contribution in [0.2, 0.25) is 0 Å². The minimum absolute atomic E-state index is 1.07. The topological polar surface area (TPSA) is 0 Å². The highest BCUT2D eigenvalue weighted by Gasteiger charge is 2.04. The highest BCUT2D eigenvalue weighted by molar-refractivity contribution is 5.74. The number of benzene rings is 3. The molecule has 0 radical (unpaired) electrons. The van der Waals surface area contributed by atoms with Gasteiger partial charge in [-0.2, -0.15) is 0 Å². The summed E-state index contributed by atoms with van der Waals surface area (Å²) in [6.07, 6.45) is 5.44. The van der Waals surface area contributed by atoms with Gasteiger partial charge in [-0.25, -0.2) is 0 Å². The van der Waals surface area contributed by atoms with Crippen molar-refractivity contribution < 1.29 is 0 Å². The van der Waals surface area contributed by atoms with Gasteiger partial charge >= 0.3 is 0 Å². The second-order valence-corrected chi connectivity index (χ2v) is 6.33. The van der Waals surface area contributed by atoms with Gasteiger partial charge in [-0.1, -0.05) is 91.4 Å². The van der Waals surface area contributed by atoms with Gasteiger partial charge in [-0.3, -0.25) is 0 Å². The number of hydrogen-bond donors (Lipinski definition) is 0. The van der Waals surface area contributed by atoms with Crippen molar-refractivity contribution >= 4 is 6.08 Å². The molecule has 0 bridgehead atoms. The van der Waals surface area contributed by atoms with Crippen molar-refractivity contribution in [2.75, 3.05) is 0 Å². The Kier molecular flexibility index (Phi) is 4.96. The third-order valence-electron chi connectivity index (χ3n) is 4.38. The molecule has 0 heteroatoms. The average molecular weight is 312 g/mol. The highest BCUT2D eigenvalue weighted by atomic mass is 14.1. The number of hydrogen-bond acceptors (Lipinski definition) is 0. The summed E-state index contributed by atoms with van der Waals surface area (Å²) < 4.78 is 0. The van der Waals surface area contributed by atoms with Crippen molar-refractivity contribution in [2.24, 2.45) is 0 Å². The van der Waals surface area contributed by atoms with Crippen molar-refractivity contribution in [3.63, 3.8) is 0 Å². The summed E-state index contributed by atoms with van der Waals surface area (Å²) in [4.78, 5) is 0. The second kappa shape index (κ2) is 7.31. The summed E-state index contributed by atoms with van der Waals surface area (Å²) in [5.74, 6) is 0. The van der Waals surface area contributed by atoms with E-state index in [2.05, 4.69) is 99.7 Å². The molecular formula is C24H24. The molecule has 0 atom stereocenters. The molecule has 0 aliphatic rings.